The van der Waals surface area contributed by atoms with Gasteiger partial charge in [0.15, 0.2) is 15.6 Å². The fourth-order valence-corrected chi connectivity index (χ4v) is 4.33. The molecule has 1 aromatic heterocycles. The van der Waals surface area contributed by atoms with Crippen molar-refractivity contribution in [3.05, 3.63) is 69.9 Å². The summed E-state index contributed by atoms with van der Waals surface area (Å²) in [6, 6.07) is 12.4. The van der Waals surface area contributed by atoms with E-state index in [1.807, 2.05) is 13.0 Å². The van der Waals surface area contributed by atoms with Gasteiger partial charge in [0.1, 0.15) is 17.5 Å². The van der Waals surface area contributed by atoms with Crippen molar-refractivity contribution in [2.75, 3.05) is 11.6 Å². The number of ether oxygens (including phenoxy) is 1. The minimum atomic E-state index is -3.15. The molecule has 0 saturated heterocycles. The summed E-state index contributed by atoms with van der Waals surface area (Å²) in [6.07, 6.45) is -0.0440. The van der Waals surface area contributed by atoms with Gasteiger partial charge in [0, 0.05) is 22.4 Å². The summed E-state index contributed by atoms with van der Waals surface area (Å²) in [5, 5.41) is 7.15. The van der Waals surface area contributed by atoms with Crippen LogP contribution >= 0.6 is 11.6 Å². The van der Waals surface area contributed by atoms with E-state index in [4.69, 9.17) is 20.9 Å². The third-order valence-corrected chi connectivity index (χ3v) is 5.92. The molecule has 0 aliphatic rings. The van der Waals surface area contributed by atoms with Crippen LogP contribution < -0.4 is 5.32 Å². The Labute approximate surface area is 186 Å². The van der Waals surface area contributed by atoms with Crippen LogP contribution in [0.25, 0.3) is 11.3 Å². The number of sulfone groups is 1. The fourth-order valence-electron chi connectivity index (χ4n) is 3.16. The van der Waals surface area contributed by atoms with Crippen LogP contribution in [-0.4, -0.2) is 25.9 Å². The predicted molar refractivity (Wildman–Crippen MR) is 120 cm³/mol. The van der Waals surface area contributed by atoms with Crippen molar-refractivity contribution < 1.29 is 22.5 Å². The standard InChI is InChI=1S/C22H23ClN2O5S/c1-13-11-16(9-10-17(13)12-31(4,27)28)21-20(14(2)25-30-21)24-22(26)29-15(3)18-7-5-6-8-19(18)23/h5-11,15H,12H2,1-4H3,(H,24,26). The van der Waals surface area contributed by atoms with Crippen LogP contribution in [0.3, 0.4) is 0 Å². The summed E-state index contributed by atoms with van der Waals surface area (Å²) in [4.78, 5) is 12.5. The maximum atomic E-state index is 12.5. The van der Waals surface area contributed by atoms with E-state index in [0.29, 0.717) is 38.9 Å². The maximum absolute atomic E-state index is 12.5. The van der Waals surface area contributed by atoms with E-state index >= 15 is 0 Å². The van der Waals surface area contributed by atoms with E-state index in [2.05, 4.69) is 10.5 Å². The molecule has 1 unspecified atom stereocenters. The third-order valence-electron chi connectivity index (χ3n) is 4.74. The number of aryl methyl sites for hydroxylation is 2. The van der Waals surface area contributed by atoms with E-state index in [9.17, 15) is 13.2 Å². The van der Waals surface area contributed by atoms with Gasteiger partial charge in [-0.1, -0.05) is 47.1 Å². The molecule has 1 N–H and O–H groups in total. The molecule has 1 heterocycles. The van der Waals surface area contributed by atoms with Gasteiger partial charge in [0.25, 0.3) is 0 Å². The van der Waals surface area contributed by atoms with E-state index < -0.39 is 22.0 Å². The van der Waals surface area contributed by atoms with Crippen LogP contribution in [0.4, 0.5) is 10.5 Å². The summed E-state index contributed by atoms with van der Waals surface area (Å²) in [7, 11) is -3.15. The van der Waals surface area contributed by atoms with E-state index in [1.54, 1.807) is 50.2 Å². The van der Waals surface area contributed by atoms with Gasteiger partial charge in [-0.3, -0.25) is 5.32 Å². The van der Waals surface area contributed by atoms with Crippen molar-refractivity contribution >= 4 is 33.2 Å². The topological polar surface area (TPSA) is 98.5 Å². The summed E-state index contributed by atoms with van der Waals surface area (Å²) >= 11 is 6.17. The molecule has 1 atom stereocenters. The fraction of sp³-hybridized carbons (Fsp3) is 0.273. The zero-order valence-electron chi connectivity index (χ0n) is 17.6. The number of hydrogen-bond donors (Lipinski definition) is 1. The Hall–Kier alpha value is -2.84. The average molecular weight is 463 g/mol. The highest BCUT2D eigenvalue weighted by Crippen LogP contribution is 2.33. The first-order chi connectivity index (χ1) is 14.5. The molecule has 0 aliphatic carbocycles. The first-order valence-electron chi connectivity index (χ1n) is 9.51. The van der Waals surface area contributed by atoms with Gasteiger partial charge in [-0.2, -0.15) is 0 Å². The lowest BCUT2D eigenvalue weighted by Gasteiger charge is -2.15. The van der Waals surface area contributed by atoms with Crippen LogP contribution in [0, 0.1) is 13.8 Å². The molecule has 31 heavy (non-hydrogen) atoms. The number of halogens is 1. The molecule has 0 saturated carbocycles. The first-order valence-corrected chi connectivity index (χ1v) is 11.9. The zero-order chi connectivity index (χ0) is 22.8. The monoisotopic (exact) mass is 462 g/mol. The number of nitrogens with one attached hydrogen (secondary N) is 1. The second-order valence-corrected chi connectivity index (χ2v) is 9.92. The van der Waals surface area contributed by atoms with E-state index in [0.717, 1.165) is 5.56 Å². The second kappa shape index (κ2) is 9.11. The molecule has 0 aliphatic heterocycles. The second-order valence-electron chi connectivity index (χ2n) is 7.38. The Balaban J connectivity index is 1.80. The number of hydrogen-bond acceptors (Lipinski definition) is 6. The number of benzene rings is 2. The predicted octanol–water partition coefficient (Wildman–Crippen LogP) is 5.47. The number of carbonyl (C=O) groups is 1. The molecule has 9 heteroatoms. The van der Waals surface area contributed by atoms with Gasteiger partial charge in [0.05, 0.1) is 5.75 Å². The minimum absolute atomic E-state index is 0.0497. The number of amides is 1. The zero-order valence-corrected chi connectivity index (χ0v) is 19.2. The SMILES string of the molecule is Cc1cc(-c2onc(C)c2NC(=O)OC(C)c2ccccc2Cl)ccc1CS(C)(=O)=O. The Bertz CT molecular complexity index is 1220. The average Bonchev–Trinajstić information content (AvgIpc) is 3.03. The normalized spacial score (nSPS) is 12.4. The molecule has 3 aromatic rings. The lowest BCUT2D eigenvalue weighted by Crippen LogP contribution is -2.17. The Kier molecular flexibility index (Phi) is 6.71. The summed E-state index contributed by atoms with van der Waals surface area (Å²) in [6.45, 7) is 5.25. The third kappa shape index (κ3) is 5.65. The van der Waals surface area contributed by atoms with Crippen molar-refractivity contribution in [3.63, 3.8) is 0 Å². The highest BCUT2D eigenvalue weighted by molar-refractivity contribution is 7.89. The van der Waals surface area contributed by atoms with Crippen molar-refractivity contribution in [3.8, 4) is 11.3 Å². The Morgan fingerprint density at radius 1 is 1.23 bits per heavy atom. The van der Waals surface area contributed by atoms with Crippen LogP contribution in [0.2, 0.25) is 5.02 Å². The van der Waals surface area contributed by atoms with E-state index in [-0.39, 0.29) is 5.75 Å². The highest BCUT2D eigenvalue weighted by atomic mass is 35.5. The molecule has 0 spiro atoms. The minimum Gasteiger partial charge on any atom is -0.441 e. The van der Waals surface area contributed by atoms with Gasteiger partial charge in [-0.05, 0) is 44.0 Å². The smallest absolute Gasteiger partial charge is 0.412 e. The van der Waals surface area contributed by atoms with Gasteiger partial charge in [-0.15, -0.1) is 0 Å². The molecule has 0 radical (unpaired) electrons. The first kappa shape index (κ1) is 22.8. The molecule has 164 valence electrons. The molecular formula is C22H23ClN2O5S. The lowest BCUT2D eigenvalue weighted by molar-refractivity contribution is 0.121. The quantitative estimate of drug-likeness (QED) is 0.521. The molecule has 2 aromatic carbocycles. The number of carbonyl (C=O) groups excluding carboxylic acids is 1. The van der Waals surface area contributed by atoms with Crippen molar-refractivity contribution in [1.29, 1.82) is 0 Å². The molecule has 7 nitrogen and oxygen atoms in total. The molecule has 0 fully saturated rings. The van der Waals surface area contributed by atoms with Crippen LogP contribution in [0.5, 0.6) is 0 Å². The highest BCUT2D eigenvalue weighted by Gasteiger charge is 2.21. The van der Waals surface area contributed by atoms with Crippen LogP contribution in [-0.2, 0) is 20.3 Å². The van der Waals surface area contributed by atoms with Crippen LogP contribution in [0.15, 0.2) is 47.0 Å². The van der Waals surface area contributed by atoms with Gasteiger partial charge < -0.3 is 9.26 Å². The van der Waals surface area contributed by atoms with Gasteiger partial charge >= 0.3 is 6.09 Å². The maximum Gasteiger partial charge on any atom is 0.412 e. The van der Waals surface area contributed by atoms with Crippen LogP contribution in [0.1, 0.15) is 35.4 Å². The Morgan fingerprint density at radius 2 is 1.94 bits per heavy atom. The summed E-state index contributed by atoms with van der Waals surface area (Å²) in [5.74, 6) is 0.306. The largest absolute Gasteiger partial charge is 0.441 e. The van der Waals surface area contributed by atoms with Crippen molar-refractivity contribution in [1.82, 2.24) is 5.16 Å². The lowest BCUT2D eigenvalue weighted by atomic mass is 10.0. The number of rotatable bonds is 6. The molecular weight excluding hydrogens is 440 g/mol. The Morgan fingerprint density at radius 3 is 2.58 bits per heavy atom. The number of aromatic nitrogens is 1. The number of nitrogens with zero attached hydrogens (tertiary/aromatic N) is 1. The summed E-state index contributed by atoms with van der Waals surface area (Å²) < 4.78 is 34.1. The van der Waals surface area contributed by atoms with Gasteiger partial charge in [-0.25, -0.2) is 13.2 Å². The van der Waals surface area contributed by atoms with Gasteiger partial charge in [0.2, 0.25) is 0 Å². The molecule has 0 bridgehead atoms. The molecule has 3 rings (SSSR count). The van der Waals surface area contributed by atoms with Crippen molar-refractivity contribution in [2.24, 2.45) is 0 Å². The molecule has 1 amide bonds. The van der Waals surface area contributed by atoms with Crippen molar-refractivity contribution in [2.45, 2.75) is 32.6 Å². The summed E-state index contributed by atoms with van der Waals surface area (Å²) in [5.41, 5.74) is 3.70. The van der Waals surface area contributed by atoms with E-state index in [1.165, 1.54) is 6.26 Å². The number of anilines is 1.